The van der Waals surface area contributed by atoms with Crippen LogP contribution in [0.4, 0.5) is 0 Å². The zero-order chi connectivity index (χ0) is 17.0. The van der Waals surface area contributed by atoms with Gasteiger partial charge < -0.3 is 15.8 Å². The first-order chi connectivity index (χ1) is 10.9. The van der Waals surface area contributed by atoms with Crippen LogP contribution in [0.3, 0.4) is 0 Å². The summed E-state index contributed by atoms with van der Waals surface area (Å²) in [6.07, 6.45) is 0. The van der Waals surface area contributed by atoms with Crippen molar-refractivity contribution in [2.75, 3.05) is 13.7 Å². The molecule has 0 spiro atoms. The highest BCUT2D eigenvalue weighted by molar-refractivity contribution is 5.93. The van der Waals surface area contributed by atoms with Crippen LogP contribution in [0.1, 0.15) is 39.2 Å². The molecule has 3 N–H and O–H groups in total. The largest absolute Gasteiger partial charge is 0.496 e. The third kappa shape index (κ3) is 5.56. The van der Waals surface area contributed by atoms with Gasteiger partial charge in [0.2, 0.25) is 0 Å². The molecule has 1 aromatic carbocycles. The Bertz CT molecular complexity index is 726. The van der Waals surface area contributed by atoms with Gasteiger partial charge in [0.15, 0.2) is 0 Å². The normalized spacial score (nSPS) is 10.9. The molecule has 0 fully saturated rings. The van der Waals surface area contributed by atoms with Crippen LogP contribution < -0.4 is 15.8 Å². The SMILES string of the molecule is COc1ccccc1[C@@H](N)CNC(=O)c1nc(C)c(C)nc1C.Cl.Cl. The first-order valence-electron chi connectivity index (χ1n) is 7.42. The molecule has 0 saturated heterocycles. The van der Waals surface area contributed by atoms with E-state index in [2.05, 4.69) is 15.3 Å². The van der Waals surface area contributed by atoms with Gasteiger partial charge in [0.05, 0.1) is 30.2 Å². The highest BCUT2D eigenvalue weighted by Gasteiger charge is 2.16. The molecule has 0 radical (unpaired) electrons. The number of nitrogens with one attached hydrogen (secondary N) is 1. The third-order valence-corrected chi connectivity index (χ3v) is 3.72. The summed E-state index contributed by atoms with van der Waals surface area (Å²) in [6, 6.07) is 7.13. The Hall–Kier alpha value is -1.89. The van der Waals surface area contributed by atoms with Crippen LogP contribution in [-0.4, -0.2) is 29.5 Å². The molecule has 1 amide bonds. The Labute approximate surface area is 160 Å². The number of carbonyl (C=O) groups excluding carboxylic acids is 1. The van der Waals surface area contributed by atoms with Gasteiger partial charge in [-0.25, -0.2) is 4.98 Å². The van der Waals surface area contributed by atoms with Crippen LogP contribution in [-0.2, 0) is 0 Å². The molecule has 0 bridgehead atoms. The molecule has 0 aliphatic heterocycles. The fourth-order valence-corrected chi connectivity index (χ4v) is 2.30. The highest BCUT2D eigenvalue weighted by Crippen LogP contribution is 2.22. The predicted molar refractivity (Wildman–Crippen MR) is 103 cm³/mol. The van der Waals surface area contributed by atoms with Gasteiger partial charge in [-0.3, -0.25) is 9.78 Å². The number of hydrogen-bond acceptors (Lipinski definition) is 5. The number of benzene rings is 1. The van der Waals surface area contributed by atoms with Gasteiger partial charge in [0, 0.05) is 12.1 Å². The smallest absolute Gasteiger partial charge is 0.271 e. The van der Waals surface area contributed by atoms with Crippen molar-refractivity contribution < 1.29 is 9.53 Å². The van der Waals surface area contributed by atoms with Crippen LogP contribution in [0.25, 0.3) is 0 Å². The maximum absolute atomic E-state index is 12.3. The molecule has 6 nitrogen and oxygen atoms in total. The summed E-state index contributed by atoms with van der Waals surface area (Å²) in [5.74, 6) is 0.430. The maximum Gasteiger partial charge on any atom is 0.271 e. The molecule has 0 aliphatic rings. The van der Waals surface area contributed by atoms with E-state index in [1.165, 1.54) is 0 Å². The second kappa shape index (κ2) is 10.2. The lowest BCUT2D eigenvalue weighted by molar-refractivity contribution is 0.0944. The van der Waals surface area contributed by atoms with E-state index < -0.39 is 0 Å². The number of hydrogen-bond donors (Lipinski definition) is 2. The van der Waals surface area contributed by atoms with Gasteiger partial charge in [-0.1, -0.05) is 18.2 Å². The molecule has 1 aromatic heterocycles. The van der Waals surface area contributed by atoms with Crippen molar-refractivity contribution in [3.63, 3.8) is 0 Å². The number of methoxy groups -OCH3 is 1. The lowest BCUT2D eigenvalue weighted by atomic mass is 10.1. The number of amides is 1. The number of aryl methyl sites for hydroxylation is 3. The van der Waals surface area contributed by atoms with Gasteiger partial charge in [-0.15, -0.1) is 24.8 Å². The molecule has 2 rings (SSSR count). The summed E-state index contributed by atoms with van der Waals surface area (Å²) in [5.41, 5.74) is 9.52. The highest BCUT2D eigenvalue weighted by atomic mass is 35.5. The monoisotopic (exact) mass is 386 g/mol. The molecule has 0 aliphatic carbocycles. The van der Waals surface area contributed by atoms with Crippen molar-refractivity contribution in [1.29, 1.82) is 0 Å². The van der Waals surface area contributed by atoms with Gasteiger partial charge in [-0.2, -0.15) is 0 Å². The van der Waals surface area contributed by atoms with E-state index in [-0.39, 0.29) is 43.3 Å². The first kappa shape index (κ1) is 23.1. The lowest BCUT2D eigenvalue weighted by Gasteiger charge is -2.16. The Balaban J connectivity index is 0.00000288. The number of nitrogens with two attached hydrogens (primary N) is 1. The van der Waals surface area contributed by atoms with Crippen LogP contribution in [0.15, 0.2) is 24.3 Å². The van der Waals surface area contributed by atoms with E-state index >= 15 is 0 Å². The van der Waals surface area contributed by atoms with Gasteiger partial charge in [-0.05, 0) is 26.8 Å². The number of para-hydroxylation sites is 1. The summed E-state index contributed by atoms with van der Waals surface area (Å²) in [7, 11) is 1.60. The molecular weight excluding hydrogens is 363 g/mol. The Morgan fingerprint density at radius 2 is 1.72 bits per heavy atom. The van der Waals surface area contributed by atoms with Crippen LogP contribution in [0.5, 0.6) is 5.75 Å². The number of nitrogens with zero attached hydrogens (tertiary/aromatic N) is 2. The zero-order valence-electron chi connectivity index (χ0n) is 14.7. The number of rotatable bonds is 5. The van der Waals surface area contributed by atoms with Crippen molar-refractivity contribution in [2.24, 2.45) is 5.73 Å². The van der Waals surface area contributed by atoms with E-state index in [0.29, 0.717) is 17.1 Å². The van der Waals surface area contributed by atoms with Crippen molar-refractivity contribution in [3.05, 3.63) is 52.6 Å². The summed E-state index contributed by atoms with van der Waals surface area (Å²) < 4.78 is 5.29. The zero-order valence-corrected chi connectivity index (χ0v) is 16.3. The second-order valence-electron chi connectivity index (χ2n) is 5.39. The molecule has 25 heavy (non-hydrogen) atoms. The fraction of sp³-hybridized carbons (Fsp3) is 0.353. The van der Waals surface area contributed by atoms with Crippen LogP contribution in [0, 0.1) is 20.8 Å². The molecule has 2 aromatic rings. The van der Waals surface area contributed by atoms with Crippen molar-refractivity contribution in [1.82, 2.24) is 15.3 Å². The van der Waals surface area contributed by atoms with E-state index in [4.69, 9.17) is 10.5 Å². The van der Waals surface area contributed by atoms with E-state index in [0.717, 1.165) is 17.0 Å². The Morgan fingerprint density at radius 3 is 2.36 bits per heavy atom. The lowest BCUT2D eigenvalue weighted by Crippen LogP contribution is -2.33. The number of ether oxygens (including phenoxy) is 1. The average molecular weight is 387 g/mol. The maximum atomic E-state index is 12.3. The summed E-state index contributed by atoms with van der Waals surface area (Å²) >= 11 is 0. The summed E-state index contributed by atoms with van der Waals surface area (Å²) in [6.45, 7) is 5.76. The van der Waals surface area contributed by atoms with Gasteiger partial charge >= 0.3 is 0 Å². The molecule has 138 valence electrons. The van der Waals surface area contributed by atoms with E-state index in [1.807, 2.05) is 38.1 Å². The van der Waals surface area contributed by atoms with Crippen LogP contribution >= 0.6 is 24.8 Å². The predicted octanol–water partition coefficient (Wildman–Crippen LogP) is 2.68. The number of carbonyl (C=O) groups is 1. The second-order valence-corrected chi connectivity index (χ2v) is 5.39. The third-order valence-electron chi connectivity index (χ3n) is 3.72. The molecule has 8 heteroatoms. The molecule has 1 heterocycles. The first-order valence-corrected chi connectivity index (χ1v) is 7.42. The van der Waals surface area contributed by atoms with Crippen molar-refractivity contribution >= 4 is 30.7 Å². The van der Waals surface area contributed by atoms with Crippen molar-refractivity contribution in [3.8, 4) is 5.75 Å². The minimum Gasteiger partial charge on any atom is -0.496 e. The van der Waals surface area contributed by atoms with Crippen LogP contribution in [0.2, 0.25) is 0 Å². The summed E-state index contributed by atoms with van der Waals surface area (Å²) in [4.78, 5) is 21.0. The molecule has 0 saturated carbocycles. The topological polar surface area (TPSA) is 90.1 Å². The summed E-state index contributed by atoms with van der Waals surface area (Å²) in [5, 5.41) is 2.81. The Morgan fingerprint density at radius 1 is 1.12 bits per heavy atom. The van der Waals surface area contributed by atoms with E-state index in [9.17, 15) is 4.79 Å². The minimum absolute atomic E-state index is 0. The van der Waals surface area contributed by atoms with Gasteiger partial charge in [0.25, 0.3) is 5.91 Å². The fourth-order valence-electron chi connectivity index (χ4n) is 2.30. The quantitative estimate of drug-likeness (QED) is 0.823. The molecular formula is C17H24Cl2N4O2. The average Bonchev–Trinajstić information content (AvgIpc) is 2.55. The number of halogens is 2. The van der Waals surface area contributed by atoms with Gasteiger partial charge in [0.1, 0.15) is 11.4 Å². The van der Waals surface area contributed by atoms with E-state index in [1.54, 1.807) is 14.0 Å². The van der Waals surface area contributed by atoms with Crippen molar-refractivity contribution in [2.45, 2.75) is 26.8 Å². The Kier molecular flexibility index (Phi) is 9.41. The molecule has 1 atom stereocenters. The minimum atomic E-state index is -0.366. The standard InChI is InChI=1S/C17H22N4O2.2ClH/c1-10-11(2)21-16(12(3)20-10)17(22)19-9-14(18)13-7-5-6-8-15(13)23-4;;/h5-8,14H,9,18H2,1-4H3,(H,19,22);2*1H/t14-;;/m0../s1. The molecule has 0 unspecified atom stereocenters. The number of aromatic nitrogens is 2.